The zero-order valence-electron chi connectivity index (χ0n) is 10.8. The molecule has 4 nitrogen and oxygen atoms in total. The van der Waals surface area contributed by atoms with E-state index in [0.29, 0.717) is 0 Å². The van der Waals surface area contributed by atoms with Crippen LogP contribution in [0.15, 0.2) is 24.3 Å². The second-order valence-corrected chi connectivity index (χ2v) is 5.70. The lowest BCUT2D eigenvalue weighted by molar-refractivity contribution is 0.925. The summed E-state index contributed by atoms with van der Waals surface area (Å²) in [4.78, 5) is 9.19. The van der Waals surface area contributed by atoms with Gasteiger partial charge in [-0.15, -0.1) is 0 Å². The van der Waals surface area contributed by atoms with Crippen molar-refractivity contribution < 1.29 is 0 Å². The maximum atomic E-state index is 5.56. The summed E-state index contributed by atoms with van der Waals surface area (Å²) in [5.41, 5.74) is 7.46. The Hall–Kier alpha value is -1.59. The van der Waals surface area contributed by atoms with Gasteiger partial charge in [0.15, 0.2) is 0 Å². The van der Waals surface area contributed by atoms with Crippen LogP contribution >= 0.6 is 11.8 Å². The highest BCUT2D eigenvalue weighted by Gasteiger charge is 2.19. The Morgan fingerprint density at radius 3 is 3.00 bits per heavy atom. The zero-order valence-corrected chi connectivity index (χ0v) is 11.6. The molecule has 1 aliphatic rings. The third-order valence-corrected chi connectivity index (χ3v) is 4.18. The molecule has 2 heterocycles. The minimum atomic E-state index is 0.744. The molecule has 0 aliphatic carbocycles. The van der Waals surface area contributed by atoms with Crippen LogP contribution in [-0.2, 0) is 17.9 Å². The lowest BCUT2D eigenvalue weighted by atomic mass is 10.1. The van der Waals surface area contributed by atoms with Gasteiger partial charge in [0.05, 0.1) is 5.69 Å². The van der Waals surface area contributed by atoms with Gasteiger partial charge in [-0.25, -0.2) is 15.8 Å². The largest absolute Gasteiger partial charge is 0.308 e. The molecule has 2 aromatic rings. The number of thioether (sulfide) groups is 1. The fourth-order valence-corrected chi connectivity index (χ4v) is 3.35. The average Bonchev–Trinajstić information content (AvgIpc) is 2.86. The summed E-state index contributed by atoms with van der Waals surface area (Å²) in [5.74, 6) is 9.06. The van der Waals surface area contributed by atoms with Crippen molar-refractivity contribution in [3.63, 3.8) is 0 Å². The van der Waals surface area contributed by atoms with Gasteiger partial charge in [0.1, 0.15) is 11.6 Å². The normalized spacial score (nSPS) is 13.4. The van der Waals surface area contributed by atoms with Crippen molar-refractivity contribution in [3.05, 3.63) is 52.5 Å². The van der Waals surface area contributed by atoms with Gasteiger partial charge in [-0.3, -0.25) is 0 Å². The molecule has 98 valence electrons. The smallest absolute Gasteiger partial charge is 0.148 e. The molecule has 1 aromatic heterocycles. The Morgan fingerprint density at radius 2 is 2.21 bits per heavy atom. The van der Waals surface area contributed by atoms with E-state index >= 15 is 0 Å². The fourth-order valence-electron chi connectivity index (χ4n) is 2.31. The van der Waals surface area contributed by atoms with Gasteiger partial charge in [-0.05, 0) is 12.5 Å². The summed E-state index contributed by atoms with van der Waals surface area (Å²) >= 11 is 1.85. The van der Waals surface area contributed by atoms with Crippen molar-refractivity contribution in [2.45, 2.75) is 24.9 Å². The number of aromatic nitrogens is 2. The number of benzene rings is 1. The van der Waals surface area contributed by atoms with Crippen molar-refractivity contribution in [1.82, 2.24) is 9.97 Å². The summed E-state index contributed by atoms with van der Waals surface area (Å²) in [6.45, 7) is 2.09. The van der Waals surface area contributed by atoms with E-state index < -0.39 is 0 Å². The van der Waals surface area contributed by atoms with Crippen LogP contribution in [0.1, 0.15) is 28.2 Å². The molecule has 0 saturated carbocycles. The van der Waals surface area contributed by atoms with Crippen molar-refractivity contribution in [2.75, 3.05) is 5.43 Å². The van der Waals surface area contributed by atoms with E-state index in [2.05, 4.69) is 46.6 Å². The summed E-state index contributed by atoms with van der Waals surface area (Å²) < 4.78 is 0. The fraction of sp³-hybridized carbons (Fsp3) is 0.286. The summed E-state index contributed by atoms with van der Waals surface area (Å²) in [5, 5.41) is 0. The number of fused-ring (bicyclic) bond motifs is 1. The first-order valence-electron chi connectivity index (χ1n) is 6.25. The molecule has 0 amide bonds. The standard InChI is InChI=1S/C14H16N4S/c1-9-3-2-4-10(5-9)6-13-16-12-8-19-7-11(12)14(17-13)18-15/h2-5H,6-8,15H2,1H3,(H,16,17,18). The van der Waals surface area contributed by atoms with Crippen LogP contribution < -0.4 is 11.3 Å². The van der Waals surface area contributed by atoms with Crippen LogP contribution in [0.2, 0.25) is 0 Å². The highest BCUT2D eigenvalue weighted by molar-refractivity contribution is 7.98. The van der Waals surface area contributed by atoms with E-state index in [9.17, 15) is 0 Å². The quantitative estimate of drug-likeness (QED) is 0.663. The van der Waals surface area contributed by atoms with Gasteiger partial charge in [-0.1, -0.05) is 29.8 Å². The van der Waals surface area contributed by atoms with E-state index in [1.807, 2.05) is 11.8 Å². The molecule has 0 atom stereocenters. The second-order valence-electron chi connectivity index (χ2n) is 4.72. The SMILES string of the molecule is Cc1cccc(Cc2nc3c(c(NN)n2)CSC3)c1. The minimum Gasteiger partial charge on any atom is -0.308 e. The molecule has 0 saturated heterocycles. The van der Waals surface area contributed by atoms with Gasteiger partial charge < -0.3 is 5.43 Å². The maximum absolute atomic E-state index is 5.56. The van der Waals surface area contributed by atoms with Crippen LogP contribution in [0.3, 0.4) is 0 Å². The van der Waals surface area contributed by atoms with Crippen LogP contribution in [0.5, 0.6) is 0 Å². The molecule has 0 fully saturated rings. The lowest BCUT2D eigenvalue weighted by Gasteiger charge is -2.09. The number of aryl methyl sites for hydroxylation is 1. The molecular formula is C14H16N4S. The number of nitrogens with zero attached hydrogens (tertiary/aromatic N) is 2. The van der Waals surface area contributed by atoms with Gasteiger partial charge in [0, 0.05) is 23.5 Å². The first-order valence-corrected chi connectivity index (χ1v) is 7.40. The topological polar surface area (TPSA) is 63.8 Å². The van der Waals surface area contributed by atoms with Crippen molar-refractivity contribution in [2.24, 2.45) is 5.84 Å². The molecule has 19 heavy (non-hydrogen) atoms. The Labute approximate surface area is 116 Å². The van der Waals surface area contributed by atoms with Gasteiger partial charge in [0.25, 0.3) is 0 Å². The van der Waals surface area contributed by atoms with Gasteiger partial charge in [0.2, 0.25) is 0 Å². The highest BCUT2D eigenvalue weighted by Crippen LogP contribution is 2.32. The Bertz CT molecular complexity index is 612. The van der Waals surface area contributed by atoms with E-state index in [0.717, 1.165) is 40.8 Å². The number of nitrogens with one attached hydrogen (secondary N) is 1. The molecule has 3 N–H and O–H groups in total. The summed E-state index contributed by atoms with van der Waals surface area (Å²) in [6.07, 6.45) is 0.744. The van der Waals surface area contributed by atoms with Gasteiger partial charge >= 0.3 is 0 Å². The van der Waals surface area contributed by atoms with E-state index in [1.165, 1.54) is 11.1 Å². The third-order valence-electron chi connectivity index (χ3n) is 3.21. The summed E-state index contributed by atoms with van der Waals surface area (Å²) in [7, 11) is 0. The number of hydrogen-bond acceptors (Lipinski definition) is 5. The molecule has 0 radical (unpaired) electrons. The molecule has 5 heteroatoms. The number of hydrogen-bond donors (Lipinski definition) is 2. The van der Waals surface area contributed by atoms with Gasteiger partial charge in [-0.2, -0.15) is 11.8 Å². The Balaban J connectivity index is 1.93. The number of hydrazine groups is 1. The number of nitrogen functional groups attached to an aromatic ring is 1. The van der Waals surface area contributed by atoms with E-state index in [1.54, 1.807) is 0 Å². The molecule has 1 aromatic carbocycles. The molecule has 3 rings (SSSR count). The lowest BCUT2D eigenvalue weighted by Crippen LogP contribution is -2.14. The number of rotatable bonds is 3. The first kappa shape index (κ1) is 12.4. The zero-order chi connectivity index (χ0) is 13.2. The number of nitrogens with two attached hydrogens (primary N) is 1. The minimum absolute atomic E-state index is 0.744. The Morgan fingerprint density at radius 1 is 1.32 bits per heavy atom. The second kappa shape index (κ2) is 5.19. The molecule has 0 spiro atoms. The van der Waals surface area contributed by atoms with Crippen molar-refractivity contribution in [3.8, 4) is 0 Å². The molecule has 1 aliphatic heterocycles. The molecule has 0 unspecified atom stereocenters. The van der Waals surface area contributed by atoms with E-state index in [-0.39, 0.29) is 0 Å². The van der Waals surface area contributed by atoms with Crippen molar-refractivity contribution >= 4 is 17.6 Å². The number of anilines is 1. The summed E-state index contributed by atoms with van der Waals surface area (Å²) in [6, 6.07) is 8.43. The van der Waals surface area contributed by atoms with Crippen molar-refractivity contribution in [1.29, 1.82) is 0 Å². The predicted molar refractivity (Wildman–Crippen MR) is 78.8 cm³/mol. The highest BCUT2D eigenvalue weighted by atomic mass is 32.2. The third kappa shape index (κ3) is 2.57. The van der Waals surface area contributed by atoms with Crippen LogP contribution in [0, 0.1) is 6.92 Å². The van der Waals surface area contributed by atoms with Crippen LogP contribution in [0.4, 0.5) is 5.82 Å². The monoisotopic (exact) mass is 272 g/mol. The predicted octanol–water partition coefficient (Wildman–Crippen LogP) is 2.41. The molecule has 0 bridgehead atoms. The molecular weight excluding hydrogens is 256 g/mol. The maximum Gasteiger partial charge on any atom is 0.148 e. The average molecular weight is 272 g/mol. The Kier molecular flexibility index (Phi) is 3.40. The van der Waals surface area contributed by atoms with Crippen LogP contribution in [0.25, 0.3) is 0 Å². The van der Waals surface area contributed by atoms with E-state index in [4.69, 9.17) is 5.84 Å². The first-order chi connectivity index (χ1) is 9.26. The van der Waals surface area contributed by atoms with Crippen LogP contribution in [-0.4, -0.2) is 9.97 Å².